The molecule has 0 aliphatic heterocycles. The molecule has 2 aromatic carbocycles. The van der Waals surface area contributed by atoms with Crippen LogP contribution in [0.25, 0.3) is 6.08 Å². The van der Waals surface area contributed by atoms with Crippen LogP contribution in [0.2, 0.25) is 0 Å². The van der Waals surface area contributed by atoms with Gasteiger partial charge in [0.25, 0.3) is 5.75 Å². The number of carbonyl (C=O) groups is 1. The van der Waals surface area contributed by atoms with E-state index in [1.807, 2.05) is 0 Å². The predicted octanol–water partition coefficient (Wildman–Crippen LogP) is 2.17. The number of hydrogen-bond donors (Lipinski definition) is 0. The highest BCUT2D eigenvalue weighted by Crippen LogP contribution is 2.40. The van der Waals surface area contributed by atoms with Crippen molar-refractivity contribution in [1.29, 1.82) is 0 Å². The standard InChI is InChI=1S/C17H15NO9S2/c1-28(22,23)26-16-11-12(8-9-15(19)13-6-4-3-5-7-13)10-14(18(20)21)17(16)27-29(2,24)25/h3-11H,1-2H3/b9-8+. The second-order valence-electron chi connectivity index (χ2n) is 5.76. The lowest BCUT2D eigenvalue weighted by Crippen LogP contribution is -2.12. The van der Waals surface area contributed by atoms with Crippen LogP contribution in [0.1, 0.15) is 15.9 Å². The highest BCUT2D eigenvalue weighted by Gasteiger charge is 2.27. The molecule has 0 aromatic heterocycles. The summed E-state index contributed by atoms with van der Waals surface area (Å²) in [5, 5.41) is 11.4. The Morgan fingerprint density at radius 2 is 1.59 bits per heavy atom. The molecule has 0 aliphatic rings. The normalized spacial score (nSPS) is 11.9. The van der Waals surface area contributed by atoms with Crippen molar-refractivity contribution in [2.75, 3.05) is 12.5 Å². The van der Waals surface area contributed by atoms with Crippen LogP contribution in [-0.2, 0) is 20.2 Å². The van der Waals surface area contributed by atoms with Crippen molar-refractivity contribution in [1.82, 2.24) is 0 Å². The molecule has 12 heteroatoms. The van der Waals surface area contributed by atoms with Crippen LogP contribution in [0.4, 0.5) is 5.69 Å². The van der Waals surface area contributed by atoms with E-state index in [1.165, 1.54) is 6.08 Å². The van der Waals surface area contributed by atoms with Gasteiger partial charge in [-0.2, -0.15) is 16.8 Å². The molecule has 154 valence electrons. The zero-order valence-electron chi connectivity index (χ0n) is 15.1. The Balaban J connectivity index is 2.57. The number of benzene rings is 2. The molecule has 2 rings (SSSR count). The van der Waals surface area contributed by atoms with Crippen molar-refractivity contribution in [3.05, 3.63) is 69.8 Å². The molecule has 0 aliphatic carbocycles. The van der Waals surface area contributed by atoms with Crippen molar-refractivity contribution in [2.45, 2.75) is 0 Å². The maximum atomic E-state index is 12.2. The Hall–Kier alpha value is -3.25. The Kier molecular flexibility index (Phi) is 6.39. The van der Waals surface area contributed by atoms with E-state index in [1.54, 1.807) is 30.3 Å². The average molecular weight is 441 g/mol. The number of ketones is 1. The smallest absolute Gasteiger partial charge is 0.317 e. The minimum Gasteiger partial charge on any atom is -0.378 e. The maximum absolute atomic E-state index is 12.2. The lowest BCUT2D eigenvalue weighted by atomic mass is 10.1. The second kappa shape index (κ2) is 8.41. The van der Waals surface area contributed by atoms with Crippen molar-refractivity contribution in [3.63, 3.8) is 0 Å². The minimum absolute atomic E-state index is 0.0143. The van der Waals surface area contributed by atoms with E-state index in [4.69, 9.17) is 0 Å². The summed E-state index contributed by atoms with van der Waals surface area (Å²) < 4.78 is 55.1. The first-order valence-corrected chi connectivity index (χ1v) is 11.4. The third kappa shape index (κ3) is 6.69. The third-order valence-corrected chi connectivity index (χ3v) is 4.17. The quantitative estimate of drug-likeness (QED) is 0.198. The fraction of sp³-hybridized carbons (Fsp3) is 0.118. The first-order chi connectivity index (χ1) is 13.4. The van der Waals surface area contributed by atoms with Gasteiger partial charge in [-0.25, -0.2) is 0 Å². The first-order valence-electron chi connectivity index (χ1n) is 7.74. The van der Waals surface area contributed by atoms with Gasteiger partial charge >= 0.3 is 25.9 Å². The van der Waals surface area contributed by atoms with Gasteiger partial charge in [0.2, 0.25) is 0 Å². The van der Waals surface area contributed by atoms with Crippen molar-refractivity contribution < 1.29 is 34.9 Å². The Labute approximate surface area is 166 Å². The van der Waals surface area contributed by atoms with E-state index in [0.29, 0.717) is 18.1 Å². The number of nitrogens with zero attached hydrogens (tertiary/aromatic N) is 1. The number of carbonyl (C=O) groups excluding carboxylic acids is 1. The summed E-state index contributed by atoms with van der Waals surface area (Å²) in [5.41, 5.74) is -0.480. The summed E-state index contributed by atoms with van der Waals surface area (Å²) in [5.74, 6) is -2.01. The van der Waals surface area contributed by atoms with E-state index in [9.17, 15) is 31.7 Å². The number of nitro benzene ring substituents is 1. The second-order valence-corrected chi connectivity index (χ2v) is 8.91. The molecule has 0 unspecified atom stereocenters. The summed E-state index contributed by atoms with van der Waals surface area (Å²) in [4.78, 5) is 22.6. The fourth-order valence-electron chi connectivity index (χ4n) is 2.17. The first kappa shape index (κ1) is 22.0. The summed E-state index contributed by atoms with van der Waals surface area (Å²) in [6.45, 7) is 0. The van der Waals surface area contributed by atoms with Gasteiger partial charge in [0.1, 0.15) is 0 Å². The lowest BCUT2D eigenvalue weighted by Gasteiger charge is -2.11. The van der Waals surface area contributed by atoms with Crippen molar-refractivity contribution in [2.24, 2.45) is 0 Å². The summed E-state index contributed by atoms with van der Waals surface area (Å²) >= 11 is 0. The van der Waals surface area contributed by atoms with Gasteiger partial charge in [-0.3, -0.25) is 14.9 Å². The minimum atomic E-state index is -4.24. The van der Waals surface area contributed by atoms with Gasteiger partial charge in [-0.15, -0.1) is 0 Å². The van der Waals surface area contributed by atoms with Gasteiger partial charge < -0.3 is 8.37 Å². The Bertz CT molecular complexity index is 1180. The number of allylic oxidation sites excluding steroid dienone is 1. The summed E-state index contributed by atoms with van der Waals surface area (Å²) in [6, 6.07) is 10.1. The third-order valence-electron chi connectivity index (χ3n) is 3.22. The molecule has 0 radical (unpaired) electrons. The largest absolute Gasteiger partial charge is 0.378 e. The summed E-state index contributed by atoms with van der Waals surface area (Å²) in [6.07, 6.45) is 3.62. The Morgan fingerprint density at radius 1 is 1.00 bits per heavy atom. The van der Waals surface area contributed by atoms with Crippen molar-refractivity contribution in [3.8, 4) is 11.5 Å². The zero-order chi connectivity index (χ0) is 21.8. The topological polar surface area (TPSA) is 147 Å². The van der Waals surface area contributed by atoms with Gasteiger partial charge in [0.15, 0.2) is 11.5 Å². The number of nitro groups is 1. The van der Waals surface area contributed by atoms with Crippen LogP contribution in [-0.4, -0.2) is 40.1 Å². The molecule has 0 spiro atoms. The monoisotopic (exact) mass is 441 g/mol. The van der Waals surface area contributed by atoms with E-state index in [0.717, 1.165) is 18.2 Å². The van der Waals surface area contributed by atoms with Crippen LogP contribution >= 0.6 is 0 Å². The van der Waals surface area contributed by atoms with Crippen LogP contribution in [0.5, 0.6) is 11.5 Å². The molecule has 0 bridgehead atoms. The lowest BCUT2D eigenvalue weighted by molar-refractivity contribution is -0.385. The van der Waals surface area contributed by atoms with Crippen LogP contribution in [0.15, 0.2) is 48.5 Å². The molecule has 0 fully saturated rings. The molecular weight excluding hydrogens is 426 g/mol. The van der Waals surface area contributed by atoms with Crippen molar-refractivity contribution >= 4 is 37.8 Å². The van der Waals surface area contributed by atoms with Gasteiger partial charge in [-0.05, 0) is 17.7 Å². The van der Waals surface area contributed by atoms with E-state index < -0.39 is 48.1 Å². The molecule has 29 heavy (non-hydrogen) atoms. The predicted molar refractivity (Wildman–Crippen MR) is 104 cm³/mol. The average Bonchev–Trinajstić information content (AvgIpc) is 2.59. The highest BCUT2D eigenvalue weighted by atomic mass is 32.2. The number of hydrogen-bond acceptors (Lipinski definition) is 9. The summed E-state index contributed by atoms with van der Waals surface area (Å²) in [7, 11) is -8.41. The van der Waals surface area contributed by atoms with Crippen LogP contribution in [0, 0.1) is 10.1 Å². The molecule has 10 nitrogen and oxygen atoms in total. The highest BCUT2D eigenvalue weighted by molar-refractivity contribution is 7.86. The molecule has 0 heterocycles. The van der Waals surface area contributed by atoms with Gasteiger partial charge in [-0.1, -0.05) is 36.4 Å². The van der Waals surface area contributed by atoms with E-state index >= 15 is 0 Å². The van der Waals surface area contributed by atoms with Gasteiger partial charge in [0.05, 0.1) is 17.4 Å². The Morgan fingerprint density at radius 3 is 2.10 bits per heavy atom. The van der Waals surface area contributed by atoms with Gasteiger partial charge in [0, 0.05) is 11.6 Å². The fourth-order valence-corrected chi connectivity index (χ4v) is 3.09. The van der Waals surface area contributed by atoms with Crippen LogP contribution in [0.3, 0.4) is 0 Å². The molecule has 2 aromatic rings. The van der Waals surface area contributed by atoms with E-state index in [2.05, 4.69) is 8.37 Å². The zero-order valence-corrected chi connectivity index (χ0v) is 16.8. The molecule has 0 saturated heterocycles. The molecule has 0 amide bonds. The molecular formula is C17H15NO9S2. The number of rotatable bonds is 8. The maximum Gasteiger partial charge on any atom is 0.317 e. The van der Waals surface area contributed by atoms with Crippen LogP contribution < -0.4 is 8.37 Å². The van der Waals surface area contributed by atoms with E-state index in [-0.39, 0.29) is 5.56 Å². The molecule has 0 atom stereocenters. The SMILES string of the molecule is CS(=O)(=O)Oc1cc(/C=C/C(=O)c2ccccc2)cc([N+](=O)[O-])c1OS(C)(=O)=O. The molecule has 0 saturated carbocycles. The molecule has 0 N–H and O–H groups in total.